The van der Waals surface area contributed by atoms with Crippen LogP contribution >= 0.6 is 23.2 Å². The van der Waals surface area contributed by atoms with Crippen LogP contribution in [0.2, 0.25) is 10.0 Å². The lowest BCUT2D eigenvalue weighted by Crippen LogP contribution is -2.29. The molecule has 1 aromatic carbocycles. The van der Waals surface area contributed by atoms with E-state index in [2.05, 4.69) is 10.4 Å². The van der Waals surface area contributed by atoms with Crippen molar-refractivity contribution in [2.45, 2.75) is 13.0 Å². The Bertz CT molecular complexity index is 558. The Morgan fingerprint density at radius 1 is 1.22 bits per heavy atom. The normalized spacial score (nSPS) is 12.4. The molecule has 1 unspecified atom stereocenters. The summed E-state index contributed by atoms with van der Waals surface area (Å²) in [6.07, 6.45) is 1.74. The molecule has 0 bridgehead atoms. The molecule has 0 saturated carbocycles. The molecule has 1 aromatic heterocycles. The zero-order valence-corrected chi connectivity index (χ0v) is 11.3. The molecule has 2 aromatic rings. The summed E-state index contributed by atoms with van der Waals surface area (Å²) in [5.74, 6) is 5.65. The summed E-state index contributed by atoms with van der Waals surface area (Å²) < 4.78 is 0. The maximum atomic E-state index is 6.20. The number of hydrazine groups is 1. The second-order valence-corrected chi connectivity index (χ2v) is 4.79. The van der Waals surface area contributed by atoms with Crippen LogP contribution in [0.4, 0.5) is 0 Å². The topological polar surface area (TPSA) is 50.9 Å². The lowest BCUT2D eigenvalue weighted by molar-refractivity contribution is 0.630. The Kier molecular flexibility index (Phi) is 4.19. The van der Waals surface area contributed by atoms with E-state index in [9.17, 15) is 0 Å². The van der Waals surface area contributed by atoms with Crippen LogP contribution in [0.5, 0.6) is 0 Å². The van der Waals surface area contributed by atoms with Crippen LogP contribution in [0.25, 0.3) is 0 Å². The predicted molar refractivity (Wildman–Crippen MR) is 74.6 cm³/mol. The molecule has 0 fully saturated rings. The fourth-order valence-corrected chi connectivity index (χ4v) is 2.29. The quantitative estimate of drug-likeness (QED) is 0.671. The summed E-state index contributed by atoms with van der Waals surface area (Å²) in [5.41, 5.74) is 5.47. The van der Waals surface area contributed by atoms with E-state index in [0.29, 0.717) is 10.0 Å². The Labute approximate surface area is 116 Å². The molecule has 0 aliphatic heterocycles. The van der Waals surface area contributed by atoms with Gasteiger partial charge >= 0.3 is 0 Å². The first-order valence-electron chi connectivity index (χ1n) is 5.46. The largest absolute Gasteiger partial charge is 0.271 e. The van der Waals surface area contributed by atoms with Gasteiger partial charge in [-0.2, -0.15) is 0 Å². The zero-order chi connectivity index (χ0) is 13.1. The molecule has 0 aliphatic rings. The van der Waals surface area contributed by atoms with E-state index in [0.717, 1.165) is 16.8 Å². The third-order valence-corrected chi connectivity index (χ3v) is 3.37. The first-order valence-corrected chi connectivity index (χ1v) is 6.21. The zero-order valence-electron chi connectivity index (χ0n) is 9.82. The summed E-state index contributed by atoms with van der Waals surface area (Å²) in [7, 11) is 0. The van der Waals surface area contributed by atoms with Gasteiger partial charge in [0.1, 0.15) is 0 Å². The van der Waals surface area contributed by atoms with Crippen molar-refractivity contribution < 1.29 is 0 Å². The minimum absolute atomic E-state index is 0.232. The highest BCUT2D eigenvalue weighted by atomic mass is 35.5. The second-order valence-electron chi connectivity index (χ2n) is 3.94. The number of benzene rings is 1. The van der Waals surface area contributed by atoms with E-state index in [4.69, 9.17) is 29.0 Å². The maximum Gasteiger partial charge on any atom is 0.0742 e. The van der Waals surface area contributed by atoms with Gasteiger partial charge in [-0.05, 0) is 42.3 Å². The molecule has 0 spiro atoms. The summed E-state index contributed by atoms with van der Waals surface area (Å²) in [4.78, 5) is 4.25. The van der Waals surface area contributed by atoms with Crippen molar-refractivity contribution in [3.05, 3.63) is 63.4 Å². The molecular weight excluding hydrogens is 269 g/mol. The van der Waals surface area contributed by atoms with Crippen LogP contribution in [0, 0.1) is 6.92 Å². The lowest BCUT2D eigenvalue weighted by atomic mass is 9.98. The first kappa shape index (κ1) is 13.3. The molecule has 94 valence electrons. The number of rotatable bonds is 3. The Balaban J connectivity index is 2.52. The average molecular weight is 282 g/mol. The van der Waals surface area contributed by atoms with Gasteiger partial charge in [0.2, 0.25) is 0 Å². The van der Waals surface area contributed by atoms with Crippen LogP contribution in [-0.2, 0) is 0 Å². The summed E-state index contributed by atoms with van der Waals surface area (Å²) in [6, 6.07) is 8.91. The molecule has 3 nitrogen and oxygen atoms in total. The summed E-state index contributed by atoms with van der Waals surface area (Å²) >= 11 is 12.2. The Hall–Kier alpha value is -1.13. The third-order valence-electron chi connectivity index (χ3n) is 2.79. The van der Waals surface area contributed by atoms with E-state index in [1.165, 1.54) is 0 Å². The van der Waals surface area contributed by atoms with Crippen LogP contribution in [-0.4, -0.2) is 4.98 Å². The van der Waals surface area contributed by atoms with Crippen LogP contribution < -0.4 is 11.3 Å². The number of nitrogens with zero attached hydrogens (tertiary/aromatic N) is 1. The number of hydrogen-bond donors (Lipinski definition) is 2. The molecular formula is C13H13Cl2N3. The predicted octanol–water partition coefficient (Wildman–Crippen LogP) is 3.25. The maximum absolute atomic E-state index is 6.20. The molecule has 18 heavy (non-hydrogen) atoms. The number of aryl methyl sites for hydroxylation is 1. The van der Waals surface area contributed by atoms with E-state index in [1.54, 1.807) is 24.4 Å². The smallest absolute Gasteiger partial charge is 0.0742 e. The number of nitrogens with two attached hydrogens (primary N) is 1. The molecule has 3 N–H and O–H groups in total. The molecule has 0 aliphatic carbocycles. The third kappa shape index (κ3) is 2.65. The van der Waals surface area contributed by atoms with E-state index >= 15 is 0 Å². The van der Waals surface area contributed by atoms with Crippen molar-refractivity contribution >= 4 is 23.2 Å². The van der Waals surface area contributed by atoms with Crippen LogP contribution in [0.1, 0.15) is 22.9 Å². The molecule has 0 saturated heterocycles. The minimum Gasteiger partial charge on any atom is -0.271 e. The van der Waals surface area contributed by atoms with E-state index < -0.39 is 0 Å². The van der Waals surface area contributed by atoms with Crippen LogP contribution in [0.15, 0.2) is 36.5 Å². The molecule has 2 rings (SSSR count). The summed E-state index contributed by atoms with van der Waals surface area (Å²) in [6.45, 7) is 1.93. The number of aromatic nitrogens is 1. The average Bonchev–Trinajstić information content (AvgIpc) is 2.36. The van der Waals surface area contributed by atoms with E-state index in [1.807, 2.05) is 19.1 Å². The lowest BCUT2D eigenvalue weighted by Gasteiger charge is -2.19. The SMILES string of the molecule is Cc1ncccc1C(NN)c1cc(Cl)ccc1Cl. The highest BCUT2D eigenvalue weighted by molar-refractivity contribution is 6.33. The van der Waals surface area contributed by atoms with Gasteiger partial charge in [-0.25, -0.2) is 5.43 Å². The van der Waals surface area contributed by atoms with Crippen LogP contribution in [0.3, 0.4) is 0 Å². The molecule has 5 heteroatoms. The van der Waals surface area contributed by atoms with E-state index in [-0.39, 0.29) is 6.04 Å². The summed E-state index contributed by atoms with van der Waals surface area (Å²) in [5, 5.41) is 1.24. The highest BCUT2D eigenvalue weighted by Gasteiger charge is 2.18. The van der Waals surface area contributed by atoms with Gasteiger partial charge in [0.15, 0.2) is 0 Å². The monoisotopic (exact) mass is 281 g/mol. The van der Waals surface area contributed by atoms with Crippen molar-refractivity contribution in [1.29, 1.82) is 0 Å². The van der Waals surface area contributed by atoms with Gasteiger partial charge in [0.05, 0.1) is 6.04 Å². The fraction of sp³-hybridized carbons (Fsp3) is 0.154. The fourth-order valence-electron chi connectivity index (χ4n) is 1.88. The molecule has 1 heterocycles. The number of nitrogens with one attached hydrogen (secondary N) is 1. The standard InChI is InChI=1S/C13H13Cl2N3/c1-8-10(3-2-6-17-8)13(18-16)11-7-9(14)4-5-12(11)15/h2-7,13,18H,16H2,1H3. The van der Waals surface area contributed by atoms with Gasteiger partial charge in [0.25, 0.3) is 0 Å². The van der Waals surface area contributed by atoms with Crippen molar-refractivity contribution in [3.63, 3.8) is 0 Å². The van der Waals surface area contributed by atoms with Gasteiger partial charge in [-0.15, -0.1) is 0 Å². The van der Waals surface area contributed by atoms with Crippen molar-refractivity contribution in [2.75, 3.05) is 0 Å². The van der Waals surface area contributed by atoms with Crippen molar-refractivity contribution in [2.24, 2.45) is 5.84 Å². The van der Waals surface area contributed by atoms with Gasteiger partial charge in [0, 0.05) is 21.9 Å². The Morgan fingerprint density at radius 3 is 2.67 bits per heavy atom. The van der Waals surface area contributed by atoms with Gasteiger partial charge in [-0.3, -0.25) is 10.8 Å². The second kappa shape index (κ2) is 5.67. The molecule has 1 atom stereocenters. The molecule has 0 amide bonds. The number of pyridine rings is 1. The van der Waals surface area contributed by atoms with Crippen molar-refractivity contribution in [1.82, 2.24) is 10.4 Å². The number of halogens is 2. The minimum atomic E-state index is -0.232. The highest BCUT2D eigenvalue weighted by Crippen LogP contribution is 2.30. The molecule has 0 radical (unpaired) electrons. The number of hydrogen-bond acceptors (Lipinski definition) is 3. The van der Waals surface area contributed by atoms with Gasteiger partial charge < -0.3 is 0 Å². The van der Waals surface area contributed by atoms with Crippen molar-refractivity contribution in [3.8, 4) is 0 Å². The van der Waals surface area contributed by atoms with Gasteiger partial charge in [-0.1, -0.05) is 29.3 Å². The first-order chi connectivity index (χ1) is 8.63. The Morgan fingerprint density at radius 2 is 2.00 bits per heavy atom.